The molecule has 1 aromatic heterocycles. The SMILES string of the molecule is CCc1ncc(S(=O)(=O)NC(c2ccccc2)C(C)C)[nH]1. The Morgan fingerprint density at radius 1 is 1.24 bits per heavy atom. The number of sulfonamides is 1. The summed E-state index contributed by atoms with van der Waals surface area (Å²) in [5.41, 5.74) is 0.950. The minimum Gasteiger partial charge on any atom is -0.332 e. The van der Waals surface area contributed by atoms with Crippen molar-refractivity contribution < 1.29 is 8.42 Å². The minimum atomic E-state index is -3.61. The fraction of sp³-hybridized carbons (Fsp3) is 0.400. The summed E-state index contributed by atoms with van der Waals surface area (Å²) in [6, 6.07) is 9.31. The summed E-state index contributed by atoms with van der Waals surface area (Å²) in [4.78, 5) is 6.89. The van der Waals surface area contributed by atoms with Gasteiger partial charge in [-0.1, -0.05) is 51.1 Å². The van der Waals surface area contributed by atoms with Crippen LogP contribution in [-0.2, 0) is 16.4 Å². The van der Waals surface area contributed by atoms with Crippen molar-refractivity contribution in [2.45, 2.75) is 38.3 Å². The number of nitrogens with one attached hydrogen (secondary N) is 2. The summed E-state index contributed by atoms with van der Waals surface area (Å²) < 4.78 is 27.7. The van der Waals surface area contributed by atoms with Crippen molar-refractivity contribution >= 4 is 10.0 Å². The molecule has 0 saturated heterocycles. The number of imidazole rings is 1. The first-order chi connectivity index (χ1) is 9.94. The Labute approximate surface area is 125 Å². The maximum atomic E-state index is 12.5. The van der Waals surface area contributed by atoms with E-state index in [9.17, 15) is 8.42 Å². The van der Waals surface area contributed by atoms with Crippen LogP contribution in [0.15, 0.2) is 41.6 Å². The molecular formula is C15H21N3O2S. The van der Waals surface area contributed by atoms with Crippen LogP contribution in [0.4, 0.5) is 0 Å². The first-order valence-corrected chi connectivity index (χ1v) is 8.53. The minimum absolute atomic E-state index is 0.112. The van der Waals surface area contributed by atoms with E-state index in [0.29, 0.717) is 12.2 Å². The molecule has 5 nitrogen and oxygen atoms in total. The van der Waals surface area contributed by atoms with Gasteiger partial charge in [0.2, 0.25) is 0 Å². The molecule has 1 atom stereocenters. The van der Waals surface area contributed by atoms with Gasteiger partial charge >= 0.3 is 0 Å². The monoisotopic (exact) mass is 307 g/mol. The zero-order valence-corrected chi connectivity index (χ0v) is 13.3. The number of nitrogens with zero attached hydrogens (tertiary/aromatic N) is 1. The third kappa shape index (κ3) is 3.71. The highest BCUT2D eigenvalue weighted by Gasteiger charge is 2.25. The fourth-order valence-electron chi connectivity index (χ4n) is 2.14. The van der Waals surface area contributed by atoms with Crippen LogP contribution >= 0.6 is 0 Å². The van der Waals surface area contributed by atoms with E-state index in [0.717, 1.165) is 5.56 Å². The molecule has 2 aromatic rings. The second kappa shape index (κ2) is 6.41. The Kier molecular flexibility index (Phi) is 4.80. The third-order valence-electron chi connectivity index (χ3n) is 3.34. The molecule has 1 heterocycles. The zero-order chi connectivity index (χ0) is 15.5. The number of hydrogen-bond donors (Lipinski definition) is 2. The van der Waals surface area contributed by atoms with Gasteiger partial charge in [0.05, 0.1) is 6.20 Å². The van der Waals surface area contributed by atoms with Gasteiger partial charge in [-0.25, -0.2) is 18.1 Å². The predicted octanol–water partition coefficient (Wildman–Crippen LogP) is 2.65. The van der Waals surface area contributed by atoms with Gasteiger partial charge in [0, 0.05) is 12.5 Å². The molecule has 2 rings (SSSR count). The standard InChI is InChI=1S/C15H21N3O2S/c1-4-13-16-10-14(17-13)21(19,20)18-15(11(2)3)12-8-6-5-7-9-12/h5-11,15,18H,4H2,1-3H3,(H,16,17). The van der Waals surface area contributed by atoms with Crippen molar-refractivity contribution in [3.8, 4) is 0 Å². The summed E-state index contributed by atoms with van der Waals surface area (Å²) in [5.74, 6) is 0.798. The molecule has 0 spiro atoms. The quantitative estimate of drug-likeness (QED) is 0.861. The second-order valence-corrected chi connectivity index (χ2v) is 6.98. The molecular weight excluding hydrogens is 286 g/mol. The lowest BCUT2D eigenvalue weighted by Crippen LogP contribution is -2.32. The molecule has 114 valence electrons. The van der Waals surface area contributed by atoms with E-state index in [-0.39, 0.29) is 17.0 Å². The molecule has 0 aliphatic carbocycles. The van der Waals surface area contributed by atoms with Crippen molar-refractivity contribution in [2.75, 3.05) is 0 Å². The molecule has 0 saturated carbocycles. The van der Waals surface area contributed by atoms with Gasteiger partial charge in [-0.05, 0) is 11.5 Å². The molecule has 0 fully saturated rings. The van der Waals surface area contributed by atoms with Gasteiger partial charge in [0.1, 0.15) is 5.82 Å². The number of rotatable bonds is 6. The normalized spacial score (nSPS) is 13.5. The molecule has 21 heavy (non-hydrogen) atoms. The number of hydrogen-bond acceptors (Lipinski definition) is 3. The lowest BCUT2D eigenvalue weighted by molar-refractivity contribution is 0.462. The maximum absolute atomic E-state index is 12.5. The summed E-state index contributed by atoms with van der Waals surface area (Å²) in [7, 11) is -3.61. The lowest BCUT2D eigenvalue weighted by atomic mass is 9.97. The summed E-state index contributed by atoms with van der Waals surface area (Å²) in [6.45, 7) is 5.90. The van der Waals surface area contributed by atoms with Gasteiger partial charge in [0.25, 0.3) is 10.0 Å². The van der Waals surface area contributed by atoms with Gasteiger partial charge in [-0.3, -0.25) is 0 Å². The number of aromatic nitrogens is 2. The molecule has 2 N–H and O–H groups in total. The summed E-state index contributed by atoms with van der Waals surface area (Å²) in [6.07, 6.45) is 2.03. The number of H-pyrrole nitrogens is 1. The zero-order valence-electron chi connectivity index (χ0n) is 12.5. The fourth-order valence-corrected chi connectivity index (χ4v) is 3.45. The van der Waals surface area contributed by atoms with Crippen LogP contribution in [0.25, 0.3) is 0 Å². The molecule has 0 bridgehead atoms. The second-order valence-electron chi connectivity index (χ2n) is 5.30. The highest BCUT2D eigenvalue weighted by Crippen LogP contribution is 2.23. The first-order valence-electron chi connectivity index (χ1n) is 7.05. The largest absolute Gasteiger partial charge is 0.332 e. The molecule has 1 aromatic carbocycles. The Morgan fingerprint density at radius 2 is 1.90 bits per heavy atom. The predicted molar refractivity (Wildman–Crippen MR) is 82.3 cm³/mol. The molecule has 6 heteroatoms. The highest BCUT2D eigenvalue weighted by atomic mass is 32.2. The topological polar surface area (TPSA) is 74.8 Å². The highest BCUT2D eigenvalue weighted by molar-refractivity contribution is 7.89. The van der Waals surface area contributed by atoms with E-state index in [4.69, 9.17) is 0 Å². The van der Waals surface area contributed by atoms with Gasteiger partial charge in [-0.2, -0.15) is 0 Å². The Bertz CT molecular complexity index is 678. The van der Waals surface area contributed by atoms with E-state index >= 15 is 0 Å². The summed E-state index contributed by atoms with van der Waals surface area (Å²) >= 11 is 0. The average Bonchev–Trinajstić information content (AvgIpc) is 2.95. The van der Waals surface area contributed by atoms with E-state index in [1.165, 1.54) is 6.20 Å². The van der Waals surface area contributed by atoms with Crippen molar-refractivity contribution in [3.63, 3.8) is 0 Å². The van der Waals surface area contributed by atoms with Crippen LogP contribution in [0.2, 0.25) is 0 Å². The molecule has 0 amide bonds. The molecule has 0 aliphatic rings. The van der Waals surface area contributed by atoms with E-state index in [1.54, 1.807) is 0 Å². The van der Waals surface area contributed by atoms with E-state index < -0.39 is 10.0 Å². The van der Waals surface area contributed by atoms with E-state index in [1.807, 2.05) is 51.1 Å². The Morgan fingerprint density at radius 3 is 2.43 bits per heavy atom. The van der Waals surface area contributed by atoms with Gasteiger partial charge in [0.15, 0.2) is 5.03 Å². The first kappa shape index (κ1) is 15.7. The van der Waals surface area contributed by atoms with Crippen LogP contribution < -0.4 is 4.72 Å². The smallest absolute Gasteiger partial charge is 0.258 e. The Balaban J connectivity index is 2.28. The van der Waals surface area contributed by atoms with Crippen LogP contribution in [0.3, 0.4) is 0 Å². The van der Waals surface area contributed by atoms with Gasteiger partial charge in [-0.15, -0.1) is 0 Å². The number of benzene rings is 1. The molecule has 0 radical (unpaired) electrons. The van der Waals surface area contributed by atoms with Crippen LogP contribution in [0.1, 0.15) is 38.2 Å². The summed E-state index contributed by atoms with van der Waals surface area (Å²) in [5, 5.41) is 0.112. The number of aryl methyl sites for hydroxylation is 1. The molecule has 0 aliphatic heterocycles. The number of aromatic amines is 1. The van der Waals surface area contributed by atoms with E-state index in [2.05, 4.69) is 14.7 Å². The van der Waals surface area contributed by atoms with Crippen LogP contribution in [-0.4, -0.2) is 18.4 Å². The molecule has 1 unspecified atom stereocenters. The average molecular weight is 307 g/mol. The maximum Gasteiger partial charge on any atom is 0.258 e. The third-order valence-corrected chi connectivity index (χ3v) is 4.69. The lowest BCUT2D eigenvalue weighted by Gasteiger charge is -2.22. The van der Waals surface area contributed by atoms with Crippen LogP contribution in [0, 0.1) is 5.92 Å². The van der Waals surface area contributed by atoms with Gasteiger partial charge < -0.3 is 4.98 Å². The van der Waals surface area contributed by atoms with Crippen molar-refractivity contribution in [1.82, 2.24) is 14.7 Å². The van der Waals surface area contributed by atoms with Crippen molar-refractivity contribution in [2.24, 2.45) is 5.92 Å². The Hall–Kier alpha value is -1.66. The van der Waals surface area contributed by atoms with Crippen molar-refractivity contribution in [3.05, 3.63) is 47.9 Å². The van der Waals surface area contributed by atoms with Crippen LogP contribution in [0.5, 0.6) is 0 Å². The van der Waals surface area contributed by atoms with Crippen molar-refractivity contribution in [1.29, 1.82) is 0 Å².